The van der Waals surface area contributed by atoms with Gasteiger partial charge >= 0.3 is 0 Å². The largest absolute Gasteiger partial charge is 0.250 e. The van der Waals surface area contributed by atoms with Crippen LogP contribution in [0.3, 0.4) is 0 Å². The Labute approximate surface area is 84.9 Å². The normalized spacial score (nSPS) is 13.0. The van der Waals surface area contributed by atoms with Crippen LogP contribution in [0.5, 0.6) is 0 Å². The molecule has 0 bridgehead atoms. The Hall–Kier alpha value is -0.0800. The molecule has 12 heavy (non-hydrogen) atoms. The van der Waals surface area contributed by atoms with Gasteiger partial charge in [0, 0.05) is 15.4 Å². The monoisotopic (exact) mass is 250 g/mol. The van der Waals surface area contributed by atoms with E-state index in [9.17, 15) is 4.39 Å². The van der Waals surface area contributed by atoms with Gasteiger partial charge in [-0.15, -0.1) is 0 Å². The Balaban J connectivity index is 3.04. The lowest BCUT2D eigenvalue weighted by Gasteiger charge is -2.09. The smallest absolute Gasteiger partial charge is 0.0960 e. The van der Waals surface area contributed by atoms with Gasteiger partial charge in [0.25, 0.3) is 0 Å². The minimum absolute atomic E-state index is 0.130. The number of hydrogen-bond donors (Lipinski definition) is 0. The van der Waals surface area contributed by atoms with Gasteiger partial charge in [0.05, 0.1) is 6.67 Å². The maximum atomic E-state index is 12.3. The summed E-state index contributed by atoms with van der Waals surface area (Å²) in [6.45, 7) is 1.43. The molecule has 0 amide bonds. The molecular formula is C9H9BrClF. The zero-order chi connectivity index (χ0) is 9.14. The molecule has 0 fully saturated rings. The highest BCUT2D eigenvalue weighted by molar-refractivity contribution is 9.10. The van der Waals surface area contributed by atoms with E-state index in [4.69, 9.17) is 11.6 Å². The summed E-state index contributed by atoms with van der Waals surface area (Å²) in [7, 11) is 0. The second-order valence-electron chi connectivity index (χ2n) is 2.72. The van der Waals surface area contributed by atoms with E-state index in [1.165, 1.54) is 0 Å². The van der Waals surface area contributed by atoms with Gasteiger partial charge in [0.15, 0.2) is 0 Å². The Morgan fingerprint density at radius 1 is 1.58 bits per heavy atom. The molecule has 0 saturated carbocycles. The average molecular weight is 252 g/mol. The highest BCUT2D eigenvalue weighted by Gasteiger charge is 2.09. The molecule has 0 nitrogen and oxygen atoms in total. The lowest BCUT2D eigenvalue weighted by molar-refractivity contribution is 0.447. The molecule has 1 unspecified atom stereocenters. The number of rotatable bonds is 2. The topological polar surface area (TPSA) is 0 Å². The Bertz CT molecular complexity index is 275. The summed E-state index contributed by atoms with van der Waals surface area (Å²) in [5.74, 6) is -0.130. The Morgan fingerprint density at radius 3 is 2.83 bits per heavy atom. The fourth-order valence-electron chi connectivity index (χ4n) is 0.975. The molecule has 3 heteroatoms. The molecule has 1 rings (SSSR count). The van der Waals surface area contributed by atoms with Crippen molar-refractivity contribution in [2.75, 3.05) is 6.67 Å². The zero-order valence-electron chi connectivity index (χ0n) is 6.65. The van der Waals surface area contributed by atoms with Gasteiger partial charge in [-0.2, -0.15) is 0 Å². The van der Waals surface area contributed by atoms with Crippen molar-refractivity contribution in [3.05, 3.63) is 33.3 Å². The molecule has 0 spiro atoms. The molecule has 1 aromatic rings. The predicted octanol–water partition coefficient (Wildman–Crippen LogP) is 4.18. The maximum Gasteiger partial charge on any atom is 0.0960 e. The number of hydrogen-bond acceptors (Lipinski definition) is 0. The summed E-state index contributed by atoms with van der Waals surface area (Å²) in [5.41, 5.74) is 0.855. The molecule has 0 aliphatic carbocycles. The van der Waals surface area contributed by atoms with Crippen LogP contribution in [0, 0.1) is 0 Å². The number of halogens is 3. The molecule has 0 heterocycles. The van der Waals surface area contributed by atoms with E-state index >= 15 is 0 Å². The first-order valence-corrected chi connectivity index (χ1v) is 4.83. The minimum Gasteiger partial charge on any atom is -0.250 e. The van der Waals surface area contributed by atoms with Crippen LogP contribution < -0.4 is 0 Å². The molecule has 0 N–H and O–H groups in total. The molecule has 0 aliphatic heterocycles. The lowest BCUT2D eigenvalue weighted by atomic mass is 10.0. The predicted molar refractivity (Wildman–Crippen MR) is 53.5 cm³/mol. The minimum atomic E-state index is -0.379. The second-order valence-corrected chi connectivity index (χ2v) is 4.04. The SMILES string of the molecule is CC(CF)c1cc(Br)ccc1Cl. The van der Waals surface area contributed by atoms with Gasteiger partial charge in [0.1, 0.15) is 0 Å². The first-order chi connectivity index (χ1) is 5.65. The van der Waals surface area contributed by atoms with Crippen molar-refractivity contribution in [3.63, 3.8) is 0 Å². The van der Waals surface area contributed by atoms with Crippen molar-refractivity contribution in [3.8, 4) is 0 Å². The van der Waals surface area contributed by atoms with Crippen molar-refractivity contribution in [1.82, 2.24) is 0 Å². The van der Waals surface area contributed by atoms with E-state index in [2.05, 4.69) is 15.9 Å². The molecule has 66 valence electrons. The van der Waals surface area contributed by atoms with Gasteiger partial charge in [-0.05, 0) is 23.8 Å². The lowest BCUT2D eigenvalue weighted by Crippen LogP contribution is -1.96. The summed E-state index contributed by atoms with van der Waals surface area (Å²) in [4.78, 5) is 0. The van der Waals surface area contributed by atoms with E-state index < -0.39 is 0 Å². The molecule has 1 aromatic carbocycles. The van der Waals surface area contributed by atoms with Crippen LogP contribution >= 0.6 is 27.5 Å². The van der Waals surface area contributed by atoms with Crippen LogP contribution in [0.1, 0.15) is 18.4 Å². The standard InChI is InChI=1S/C9H9BrClF/c1-6(5-12)8-4-7(10)2-3-9(8)11/h2-4,6H,5H2,1H3. The first-order valence-electron chi connectivity index (χ1n) is 3.66. The van der Waals surface area contributed by atoms with Crippen LogP contribution in [0.4, 0.5) is 4.39 Å². The van der Waals surface area contributed by atoms with Gasteiger partial charge in [-0.25, -0.2) is 0 Å². The van der Waals surface area contributed by atoms with Gasteiger partial charge < -0.3 is 0 Å². The fourth-order valence-corrected chi connectivity index (χ4v) is 1.66. The van der Waals surface area contributed by atoms with Crippen LogP contribution in [-0.4, -0.2) is 6.67 Å². The quantitative estimate of drug-likeness (QED) is 0.740. The fraction of sp³-hybridized carbons (Fsp3) is 0.333. The van der Waals surface area contributed by atoms with Gasteiger partial charge in [-0.3, -0.25) is 4.39 Å². The molecule has 0 radical (unpaired) electrons. The van der Waals surface area contributed by atoms with Crippen molar-refractivity contribution >= 4 is 27.5 Å². The summed E-state index contributed by atoms with van der Waals surface area (Å²) in [5, 5.41) is 0.628. The summed E-state index contributed by atoms with van der Waals surface area (Å²) in [6, 6.07) is 5.47. The number of alkyl halides is 1. The molecule has 0 aromatic heterocycles. The van der Waals surface area contributed by atoms with E-state index in [-0.39, 0.29) is 12.6 Å². The van der Waals surface area contributed by atoms with Crippen LogP contribution in [0.25, 0.3) is 0 Å². The van der Waals surface area contributed by atoms with Crippen molar-refractivity contribution in [2.45, 2.75) is 12.8 Å². The summed E-state index contributed by atoms with van der Waals surface area (Å²) < 4.78 is 13.2. The van der Waals surface area contributed by atoms with Crippen molar-refractivity contribution in [2.24, 2.45) is 0 Å². The van der Waals surface area contributed by atoms with Gasteiger partial charge in [0.2, 0.25) is 0 Å². The third kappa shape index (κ3) is 2.20. The Morgan fingerprint density at radius 2 is 2.25 bits per heavy atom. The number of benzene rings is 1. The third-order valence-corrected chi connectivity index (χ3v) is 2.56. The van der Waals surface area contributed by atoms with Crippen LogP contribution in [0.2, 0.25) is 5.02 Å². The van der Waals surface area contributed by atoms with E-state index in [0.29, 0.717) is 5.02 Å². The highest BCUT2D eigenvalue weighted by Crippen LogP contribution is 2.27. The van der Waals surface area contributed by atoms with E-state index in [0.717, 1.165) is 10.0 Å². The first kappa shape index (κ1) is 10.0. The van der Waals surface area contributed by atoms with E-state index in [1.807, 2.05) is 19.1 Å². The van der Waals surface area contributed by atoms with Crippen LogP contribution in [0.15, 0.2) is 22.7 Å². The maximum absolute atomic E-state index is 12.3. The van der Waals surface area contributed by atoms with E-state index in [1.54, 1.807) is 6.07 Å². The molecule has 0 aliphatic rings. The third-order valence-electron chi connectivity index (χ3n) is 1.72. The average Bonchev–Trinajstić information content (AvgIpc) is 2.08. The van der Waals surface area contributed by atoms with Gasteiger partial charge in [-0.1, -0.05) is 34.5 Å². The van der Waals surface area contributed by atoms with Crippen LogP contribution in [-0.2, 0) is 0 Å². The molecule has 0 saturated heterocycles. The van der Waals surface area contributed by atoms with Crippen molar-refractivity contribution < 1.29 is 4.39 Å². The molecule has 1 atom stereocenters. The zero-order valence-corrected chi connectivity index (χ0v) is 8.99. The summed E-state index contributed by atoms with van der Waals surface area (Å²) in [6.07, 6.45) is 0. The van der Waals surface area contributed by atoms with Crippen molar-refractivity contribution in [1.29, 1.82) is 0 Å². The Kier molecular flexibility index (Phi) is 3.53. The molecular weight excluding hydrogens is 242 g/mol. The summed E-state index contributed by atoms with van der Waals surface area (Å²) >= 11 is 9.20. The second kappa shape index (κ2) is 4.24. The highest BCUT2D eigenvalue weighted by atomic mass is 79.9.